The van der Waals surface area contributed by atoms with E-state index in [4.69, 9.17) is 14.2 Å². The van der Waals surface area contributed by atoms with E-state index < -0.39 is 5.41 Å². The molecule has 6 nitrogen and oxygen atoms in total. The minimum Gasteiger partial charge on any atom is -0.493 e. The van der Waals surface area contributed by atoms with Crippen LogP contribution >= 0.6 is 0 Å². The van der Waals surface area contributed by atoms with Crippen LogP contribution in [0.3, 0.4) is 0 Å². The van der Waals surface area contributed by atoms with Crippen molar-refractivity contribution in [3.63, 3.8) is 0 Å². The number of benzene rings is 1. The summed E-state index contributed by atoms with van der Waals surface area (Å²) in [7, 11) is 4.84. The molecule has 0 radical (unpaired) electrons. The molecule has 29 heavy (non-hydrogen) atoms. The molecule has 1 aromatic heterocycles. The Bertz CT molecular complexity index is 967. The number of H-pyrrole nitrogens is 1. The minimum absolute atomic E-state index is 0.0935. The van der Waals surface area contributed by atoms with Gasteiger partial charge in [0, 0.05) is 41.8 Å². The Balaban J connectivity index is 1.79. The average Bonchev–Trinajstić information content (AvgIpc) is 3.08. The molecule has 1 aromatic carbocycles. The molecule has 1 aliphatic carbocycles. The Kier molecular flexibility index (Phi) is 4.32. The van der Waals surface area contributed by atoms with E-state index in [1.54, 1.807) is 14.2 Å². The molecule has 3 fully saturated rings. The topological polar surface area (TPSA) is 63.8 Å². The van der Waals surface area contributed by atoms with Gasteiger partial charge in [-0.2, -0.15) is 0 Å². The van der Waals surface area contributed by atoms with Crippen molar-refractivity contribution in [2.24, 2.45) is 11.8 Å². The van der Waals surface area contributed by atoms with Gasteiger partial charge in [0.05, 0.1) is 21.3 Å². The number of nitrogens with zero attached hydrogens (tertiary/aromatic N) is 1. The number of hydrogen-bond acceptors (Lipinski definition) is 5. The second-order valence-electron chi connectivity index (χ2n) is 8.86. The number of aromatic amines is 1. The normalized spacial score (nSPS) is 32.6. The quantitative estimate of drug-likeness (QED) is 0.801. The highest BCUT2D eigenvalue weighted by Gasteiger charge is 2.62. The summed E-state index contributed by atoms with van der Waals surface area (Å²) in [4.78, 5) is 19.7. The standard InChI is InChI=1S/C23H30N2O4/c1-5-14-8-13-11-23(22(26)29-4)20-15(6-7-25(12-13)21(14)23)16-9-18(27-2)19(28-3)10-17(16)24-20/h9-10,13-14,21,24H,5-8,11-12H2,1-4H3/t13?,14-,21-,23+/m0/s1. The van der Waals surface area contributed by atoms with E-state index in [0.29, 0.717) is 17.6 Å². The zero-order valence-corrected chi connectivity index (χ0v) is 17.7. The van der Waals surface area contributed by atoms with Gasteiger partial charge in [-0.05, 0) is 42.7 Å². The number of esters is 1. The summed E-state index contributed by atoms with van der Waals surface area (Å²) in [6.07, 6.45) is 4.09. The summed E-state index contributed by atoms with van der Waals surface area (Å²) < 4.78 is 16.5. The largest absolute Gasteiger partial charge is 0.493 e. The fraction of sp³-hybridized carbons (Fsp3) is 0.609. The molecule has 6 rings (SSSR count). The maximum absolute atomic E-state index is 13.5. The van der Waals surface area contributed by atoms with Gasteiger partial charge >= 0.3 is 5.97 Å². The molecule has 1 saturated carbocycles. The number of aromatic nitrogens is 1. The SMILES string of the molecule is CC[C@H]1CC2CN3CCc4c([nH]c5cc(OC)c(OC)cc45)[C@](C(=O)OC)(C2)[C@H]13. The molecule has 0 amide bonds. The predicted molar refractivity (Wildman–Crippen MR) is 111 cm³/mol. The van der Waals surface area contributed by atoms with E-state index in [1.165, 1.54) is 19.1 Å². The van der Waals surface area contributed by atoms with Crippen LogP contribution in [-0.2, 0) is 21.4 Å². The Morgan fingerprint density at radius 2 is 2.00 bits per heavy atom. The third kappa shape index (κ3) is 2.41. The smallest absolute Gasteiger partial charge is 0.319 e. The number of ether oxygens (including phenoxy) is 3. The van der Waals surface area contributed by atoms with Crippen LogP contribution in [0.5, 0.6) is 11.5 Å². The molecule has 4 aliphatic rings. The van der Waals surface area contributed by atoms with Crippen molar-refractivity contribution in [3.8, 4) is 11.5 Å². The van der Waals surface area contributed by atoms with Crippen LogP contribution in [0.4, 0.5) is 0 Å². The lowest BCUT2D eigenvalue weighted by Gasteiger charge is -2.57. The van der Waals surface area contributed by atoms with Crippen molar-refractivity contribution in [1.82, 2.24) is 9.88 Å². The third-order valence-corrected chi connectivity index (χ3v) is 7.66. The molecule has 2 unspecified atom stereocenters. The average molecular weight is 399 g/mol. The van der Waals surface area contributed by atoms with E-state index in [0.717, 1.165) is 54.7 Å². The predicted octanol–water partition coefficient (Wildman–Crippen LogP) is 3.27. The van der Waals surface area contributed by atoms with E-state index in [-0.39, 0.29) is 12.0 Å². The van der Waals surface area contributed by atoms with Gasteiger partial charge < -0.3 is 19.2 Å². The van der Waals surface area contributed by atoms with Crippen LogP contribution in [0.25, 0.3) is 10.9 Å². The van der Waals surface area contributed by atoms with Gasteiger partial charge in [0.2, 0.25) is 0 Å². The monoisotopic (exact) mass is 398 g/mol. The third-order valence-electron chi connectivity index (χ3n) is 7.66. The maximum Gasteiger partial charge on any atom is 0.319 e. The Labute approximate surface area is 171 Å². The van der Waals surface area contributed by atoms with E-state index in [2.05, 4.69) is 22.9 Å². The Hall–Kier alpha value is -2.21. The summed E-state index contributed by atoms with van der Waals surface area (Å²) in [6.45, 7) is 4.33. The van der Waals surface area contributed by atoms with Crippen molar-refractivity contribution in [2.75, 3.05) is 34.4 Å². The zero-order chi connectivity index (χ0) is 20.3. The lowest BCUT2D eigenvalue weighted by molar-refractivity contribution is -0.162. The molecule has 2 saturated heterocycles. The highest BCUT2D eigenvalue weighted by molar-refractivity contribution is 5.93. The number of hydrogen-bond donors (Lipinski definition) is 1. The van der Waals surface area contributed by atoms with E-state index in [1.807, 2.05) is 6.07 Å². The van der Waals surface area contributed by atoms with Crippen LogP contribution in [0, 0.1) is 11.8 Å². The lowest BCUT2D eigenvalue weighted by Crippen LogP contribution is -2.67. The molecule has 156 valence electrons. The number of methoxy groups -OCH3 is 3. The molecular formula is C23H30N2O4. The maximum atomic E-state index is 13.5. The first kappa shape index (κ1) is 18.8. The molecule has 4 bridgehead atoms. The number of carbonyl (C=O) groups excluding carboxylic acids is 1. The first-order valence-electron chi connectivity index (χ1n) is 10.7. The van der Waals surface area contributed by atoms with Gasteiger partial charge in [0.25, 0.3) is 0 Å². The summed E-state index contributed by atoms with van der Waals surface area (Å²) in [5, 5.41) is 1.12. The Morgan fingerprint density at radius 3 is 2.69 bits per heavy atom. The van der Waals surface area contributed by atoms with Gasteiger partial charge in [-0.1, -0.05) is 13.3 Å². The lowest BCUT2D eigenvalue weighted by atomic mass is 9.56. The molecule has 6 heteroatoms. The van der Waals surface area contributed by atoms with Gasteiger partial charge in [0.1, 0.15) is 5.41 Å². The number of fused-ring (bicyclic) bond motifs is 4. The first-order valence-corrected chi connectivity index (χ1v) is 10.7. The fourth-order valence-electron chi connectivity index (χ4n) is 6.64. The van der Waals surface area contributed by atoms with Gasteiger partial charge in [-0.25, -0.2) is 0 Å². The van der Waals surface area contributed by atoms with Gasteiger partial charge in [0.15, 0.2) is 11.5 Å². The first-order chi connectivity index (χ1) is 14.1. The summed E-state index contributed by atoms with van der Waals surface area (Å²) in [5.74, 6) is 2.37. The van der Waals surface area contributed by atoms with E-state index >= 15 is 0 Å². The summed E-state index contributed by atoms with van der Waals surface area (Å²) in [6, 6.07) is 4.24. The van der Waals surface area contributed by atoms with Gasteiger partial charge in [-0.3, -0.25) is 9.69 Å². The number of rotatable bonds is 4. The van der Waals surface area contributed by atoms with E-state index in [9.17, 15) is 4.79 Å². The summed E-state index contributed by atoms with van der Waals surface area (Å²) in [5.41, 5.74) is 2.67. The number of carbonyl (C=O) groups is 1. The molecule has 2 aromatic rings. The second kappa shape index (κ2) is 6.66. The van der Waals surface area contributed by atoms with Crippen molar-refractivity contribution in [3.05, 3.63) is 23.4 Å². The van der Waals surface area contributed by atoms with Crippen LogP contribution in [0.15, 0.2) is 12.1 Å². The molecular weight excluding hydrogens is 368 g/mol. The van der Waals surface area contributed by atoms with Crippen molar-refractivity contribution < 1.29 is 19.0 Å². The second-order valence-corrected chi connectivity index (χ2v) is 8.86. The number of piperidine rings is 2. The molecule has 0 spiro atoms. The van der Waals surface area contributed by atoms with Crippen molar-refractivity contribution >= 4 is 16.9 Å². The van der Waals surface area contributed by atoms with Crippen LogP contribution in [0.1, 0.15) is 37.4 Å². The van der Waals surface area contributed by atoms with Crippen LogP contribution < -0.4 is 9.47 Å². The van der Waals surface area contributed by atoms with Crippen LogP contribution in [-0.4, -0.2) is 56.3 Å². The molecule has 5 atom stereocenters. The highest BCUT2D eigenvalue weighted by Crippen LogP contribution is 2.55. The Morgan fingerprint density at radius 1 is 1.24 bits per heavy atom. The van der Waals surface area contributed by atoms with Crippen molar-refractivity contribution in [2.45, 2.75) is 44.1 Å². The molecule has 3 aliphatic heterocycles. The fourth-order valence-corrected chi connectivity index (χ4v) is 6.64. The van der Waals surface area contributed by atoms with Crippen molar-refractivity contribution in [1.29, 1.82) is 0 Å². The summed E-state index contributed by atoms with van der Waals surface area (Å²) >= 11 is 0. The zero-order valence-electron chi connectivity index (χ0n) is 17.7. The molecule has 1 N–H and O–H groups in total. The highest BCUT2D eigenvalue weighted by atomic mass is 16.5. The minimum atomic E-state index is -0.623. The molecule has 4 heterocycles. The van der Waals surface area contributed by atoms with Gasteiger partial charge in [-0.15, -0.1) is 0 Å². The number of nitrogens with one attached hydrogen (secondary N) is 1. The van der Waals surface area contributed by atoms with Crippen LogP contribution in [0.2, 0.25) is 0 Å².